The molecule has 0 N–H and O–H groups in total. The molecule has 1 unspecified atom stereocenters. The highest BCUT2D eigenvalue weighted by Crippen LogP contribution is 2.28. The van der Waals surface area contributed by atoms with Crippen LogP contribution in [0.15, 0.2) is 0 Å². The molecule has 1 aliphatic rings. The van der Waals surface area contributed by atoms with Gasteiger partial charge in [0, 0.05) is 25.8 Å². The Kier molecular flexibility index (Phi) is 3.87. The molecule has 17 heavy (non-hydrogen) atoms. The van der Waals surface area contributed by atoms with E-state index < -0.39 is 0 Å². The predicted octanol–water partition coefficient (Wildman–Crippen LogP) is 2.94. The average molecular weight is 255 g/mol. The summed E-state index contributed by atoms with van der Waals surface area (Å²) >= 11 is 6.30. The van der Waals surface area contributed by atoms with Crippen LogP contribution in [0.1, 0.15) is 44.0 Å². The molecule has 3 nitrogen and oxygen atoms in total. The van der Waals surface area contributed by atoms with Crippen LogP contribution < -0.4 is 0 Å². The maximum Gasteiger partial charge on any atom is 0.136 e. The summed E-state index contributed by atoms with van der Waals surface area (Å²) in [5, 5.41) is 5.15. The summed E-state index contributed by atoms with van der Waals surface area (Å²) in [5.74, 6) is 0.549. The normalized spacial score (nSPS) is 20.9. The summed E-state index contributed by atoms with van der Waals surface area (Å²) in [4.78, 5) is 11.8. The van der Waals surface area contributed by atoms with Gasteiger partial charge in [-0.1, -0.05) is 24.9 Å². The molecule has 4 heteroatoms. The van der Waals surface area contributed by atoms with E-state index in [1.54, 1.807) is 0 Å². The molecular formula is C13H19ClN2O. The topological polar surface area (TPSA) is 34.9 Å². The Labute approximate surface area is 107 Å². The summed E-state index contributed by atoms with van der Waals surface area (Å²) in [6.07, 6.45) is 5.54. The minimum atomic E-state index is 0.154. The maximum atomic E-state index is 11.8. The number of Topliss-reactive ketones (excluding diaryl/α,β-unsaturated/α-hetero) is 1. The van der Waals surface area contributed by atoms with E-state index in [0.717, 1.165) is 54.9 Å². The van der Waals surface area contributed by atoms with Gasteiger partial charge in [0.15, 0.2) is 0 Å². The molecule has 0 aliphatic heterocycles. The van der Waals surface area contributed by atoms with Gasteiger partial charge in [-0.3, -0.25) is 9.48 Å². The molecule has 0 saturated heterocycles. The van der Waals surface area contributed by atoms with E-state index in [9.17, 15) is 4.79 Å². The number of rotatable bonds is 3. The van der Waals surface area contributed by atoms with Gasteiger partial charge in [0.05, 0.1) is 16.4 Å². The summed E-state index contributed by atoms with van der Waals surface area (Å²) in [5.41, 5.74) is 1.95. The minimum absolute atomic E-state index is 0.154. The van der Waals surface area contributed by atoms with Gasteiger partial charge < -0.3 is 0 Å². The van der Waals surface area contributed by atoms with Crippen molar-refractivity contribution >= 4 is 17.4 Å². The molecule has 1 aromatic rings. The van der Waals surface area contributed by atoms with Crippen LogP contribution in [0.25, 0.3) is 0 Å². The molecule has 0 amide bonds. The lowest BCUT2D eigenvalue weighted by atomic mass is 9.85. The van der Waals surface area contributed by atoms with E-state index in [-0.39, 0.29) is 5.92 Å². The van der Waals surface area contributed by atoms with Crippen LogP contribution in [-0.2, 0) is 24.7 Å². The van der Waals surface area contributed by atoms with E-state index in [1.165, 1.54) is 0 Å². The first-order valence-corrected chi connectivity index (χ1v) is 6.74. The van der Waals surface area contributed by atoms with Crippen molar-refractivity contribution in [1.29, 1.82) is 0 Å². The zero-order valence-electron chi connectivity index (χ0n) is 10.5. The molecule has 0 radical (unpaired) electrons. The highest BCUT2D eigenvalue weighted by atomic mass is 35.5. The Morgan fingerprint density at radius 3 is 2.82 bits per heavy atom. The fourth-order valence-corrected chi connectivity index (χ4v) is 2.92. The Bertz CT molecular complexity index is 425. The van der Waals surface area contributed by atoms with Crippen molar-refractivity contribution in [3.8, 4) is 0 Å². The van der Waals surface area contributed by atoms with Gasteiger partial charge in [-0.25, -0.2) is 0 Å². The third-order valence-corrected chi connectivity index (χ3v) is 4.06. The SMILES string of the molecule is CCc1nn(C)c(CC2CCCCC2=O)c1Cl. The smallest absolute Gasteiger partial charge is 0.136 e. The van der Waals surface area contributed by atoms with E-state index in [1.807, 2.05) is 18.7 Å². The fraction of sp³-hybridized carbons (Fsp3) is 0.692. The van der Waals surface area contributed by atoms with Crippen LogP contribution in [0, 0.1) is 5.92 Å². The second-order valence-corrected chi connectivity index (χ2v) is 5.18. The van der Waals surface area contributed by atoms with Crippen molar-refractivity contribution in [3.63, 3.8) is 0 Å². The molecule has 1 heterocycles. The molecule has 1 aliphatic carbocycles. The first kappa shape index (κ1) is 12.6. The van der Waals surface area contributed by atoms with Crippen LogP contribution in [-0.4, -0.2) is 15.6 Å². The van der Waals surface area contributed by atoms with Crippen molar-refractivity contribution in [2.24, 2.45) is 13.0 Å². The van der Waals surface area contributed by atoms with E-state index in [4.69, 9.17) is 11.6 Å². The van der Waals surface area contributed by atoms with Gasteiger partial charge in [0.2, 0.25) is 0 Å². The average Bonchev–Trinajstić information content (AvgIpc) is 2.59. The molecule has 94 valence electrons. The molecule has 0 spiro atoms. The predicted molar refractivity (Wildman–Crippen MR) is 68.3 cm³/mol. The zero-order chi connectivity index (χ0) is 12.4. The lowest BCUT2D eigenvalue weighted by Gasteiger charge is -2.20. The van der Waals surface area contributed by atoms with Gasteiger partial charge in [-0.2, -0.15) is 5.10 Å². The van der Waals surface area contributed by atoms with E-state index in [2.05, 4.69) is 5.10 Å². The highest BCUT2D eigenvalue weighted by molar-refractivity contribution is 6.31. The van der Waals surface area contributed by atoms with Gasteiger partial charge in [-0.05, 0) is 19.3 Å². The minimum Gasteiger partial charge on any atom is -0.299 e. The van der Waals surface area contributed by atoms with Crippen molar-refractivity contribution in [3.05, 3.63) is 16.4 Å². The number of carbonyl (C=O) groups is 1. The Morgan fingerprint density at radius 1 is 1.47 bits per heavy atom. The van der Waals surface area contributed by atoms with E-state index >= 15 is 0 Å². The lowest BCUT2D eigenvalue weighted by molar-refractivity contribution is -0.124. The summed E-state index contributed by atoms with van der Waals surface area (Å²) in [6, 6.07) is 0. The quantitative estimate of drug-likeness (QED) is 0.831. The number of hydrogen-bond donors (Lipinski definition) is 0. The number of carbonyl (C=O) groups excluding carboxylic acids is 1. The first-order valence-electron chi connectivity index (χ1n) is 6.36. The third-order valence-electron chi connectivity index (χ3n) is 3.62. The first-order chi connectivity index (χ1) is 8.13. The standard InChI is InChI=1S/C13H19ClN2O/c1-3-10-13(14)11(16(2)15-10)8-9-6-4-5-7-12(9)17/h9H,3-8H2,1-2H3. The number of ketones is 1. The van der Waals surface area contributed by atoms with Crippen molar-refractivity contribution in [1.82, 2.24) is 9.78 Å². The Morgan fingerprint density at radius 2 is 2.24 bits per heavy atom. The fourth-order valence-electron chi connectivity index (χ4n) is 2.55. The molecule has 1 atom stereocenters. The van der Waals surface area contributed by atoms with E-state index in [0.29, 0.717) is 5.78 Å². The Balaban J connectivity index is 2.17. The molecular weight excluding hydrogens is 236 g/mol. The lowest BCUT2D eigenvalue weighted by Crippen LogP contribution is -2.22. The monoisotopic (exact) mass is 254 g/mol. The van der Waals surface area contributed by atoms with Gasteiger partial charge in [0.25, 0.3) is 0 Å². The number of halogens is 1. The molecule has 0 bridgehead atoms. The van der Waals surface area contributed by atoms with Crippen molar-refractivity contribution in [2.45, 2.75) is 45.4 Å². The number of aromatic nitrogens is 2. The highest BCUT2D eigenvalue weighted by Gasteiger charge is 2.25. The summed E-state index contributed by atoms with van der Waals surface area (Å²) < 4.78 is 1.84. The molecule has 2 rings (SSSR count). The zero-order valence-corrected chi connectivity index (χ0v) is 11.3. The molecule has 1 aromatic heterocycles. The van der Waals surface area contributed by atoms with Gasteiger partial charge in [0.1, 0.15) is 5.78 Å². The molecule has 1 saturated carbocycles. The van der Waals surface area contributed by atoms with Crippen LogP contribution in [0.5, 0.6) is 0 Å². The van der Waals surface area contributed by atoms with Gasteiger partial charge in [-0.15, -0.1) is 0 Å². The second kappa shape index (κ2) is 5.21. The van der Waals surface area contributed by atoms with Gasteiger partial charge >= 0.3 is 0 Å². The van der Waals surface area contributed by atoms with Crippen LogP contribution in [0.4, 0.5) is 0 Å². The maximum absolute atomic E-state index is 11.8. The number of aryl methyl sites for hydroxylation is 2. The third kappa shape index (κ3) is 2.54. The summed E-state index contributed by atoms with van der Waals surface area (Å²) in [6.45, 7) is 2.05. The summed E-state index contributed by atoms with van der Waals surface area (Å²) in [7, 11) is 1.91. The molecule has 0 aromatic carbocycles. The largest absolute Gasteiger partial charge is 0.299 e. The number of hydrogen-bond acceptors (Lipinski definition) is 2. The van der Waals surface area contributed by atoms with Crippen molar-refractivity contribution < 1.29 is 4.79 Å². The van der Waals surface area contributed by atoms with Crippen molar-refractivity contribution in [2.75, 3.05) is 0 Å². The second-order valence-electron chi connectivity index (χ2n) is 4.80. The molecule has 1 fully saturated rings. The Hall–Kier alpha value is -0.830. The van der Waals surface area contributed by atoms with Crippen LogP contribution in [0.2, 0.25) is 5.02 Å². The van der Waals surface area contributed by atoms with Crippen LogP contribution >= 0.6 is 11.6 Å². The number of nitrogens with zero attached hydrogens (tertiary/aromatic N) is 2. The van der Waals surface area contributed by atoms with Crippen LogP contribution in [0.3, 0.4) is 0 Å².